The molecule has 0 amide bonds. The molecule has 1 aromatic heterocycles. The van der Waals surface area contributed by atoms with Gasteiger partial charge in [0.1, 0.15) is 11.2 Å². The fourth-order valence-corrected chi connectivity index (χ4v) is 6.78. The number of nitrogens with zero attached hydrogens (tertiary/aromatic N) is 1. The maximum absolute atomic E-state index is 6.28. The van der Waals surface area contributed by atoms with Crippen LogP contribution in [0.25, 0.3) is 65.4 Å². The molecule has 0 N–H and O–H groups in total. The summed E-state index contributed by atoms with van der Waals surface area (Å²) in [7, 11) is 0. The maximum atomic E-state index is 6.28. The summed E-state index contributed by atoms with van der Waals surface area (Å²) < 4.78 is 6.28. The van der Waals surface area contributed by atoms with Crippen molar-refractivity contribution in [2.45, 2.75) is 0 Å². The molecular formula is C42H27NO. The van der Waals surface area contributed by atoms with Gasteiger partial charge in [-0.1, -0.05) is 109 Å². The van der Waals surface area contributed by atoms with Gasteiger partial charge in [-0.2, -0.15) is 0 Å². The van der Waals surface area contributed by atoms with Gasteiger partial charge >= 0.3 is 0 Å². The van der Waals surface area contributed by atoms with Crippen molar-refractivity contribution in [2.24, 2.45) is 0 Å². The first-order valence-electron chi connectivity index (χ1n) is 15.0. The molecule has 1 heterocycles. The molecule has 0 aliphatic heterocycles. The van der Waals surface area contributed by atoms with Gasteiger partial charge in [0.05, 0.1) is 0 Å². The van der Waals surface area contributed by atoms with Crippen LogP contribution in [0.1, 0.15) is 0 Å². The summed E-state index contributed by atoms with van der Waals surface area (Å²) in [6, 6.07) is 58.5. The third kappa shape index (κ3) is 3.89. The van der Waals surface area contributed by atoms with Crippen LogP contribution in [-0.2, 0) is 0 Å². The molecule has 0 atom stereocenters. The molecule has 2 nitrogen and oxygen atoms in total. The smallest absolute Gasteiger partial charge is 0.137 e. The fraction of sp³-hybridized carbons (Fsp3) is 0. The second kappa shape index (κ2) is 9.86. The van der Waals surface area contributed by atoms with E-state index in [4.69, 9.17) is 4.42 Å². The highest BCUT2D eigenvalue weighted by molar-refractivity contribution is 6.23. The zero-order valence-electron chi connectivity index (χ0n) is 23.9. The summed E-state index contributed by atoms with van der Waals surface area (Å²) >= 11 is 0. The number of furan rings is 1. The lowest BCUT2D eigenvalue weighted by atomic mass is 9.90. The molecule has 8 aromatic carbocycles. The number of rotatable bonds is 4. The van der Waals surface area contributed by atoms with Crippen molar-refractivity contribution in [1.82, 2.24) is 0 Å². The molecule has 9 rings (SSSR count). The highest BCUT2D eigenvalue weighted by atomic mass is 16.3. The van der Waals surface area contributed by atoms with E-state index in [1.165, 1.54) is 43.4 Å². The van der Waals surface area contributed by atoms with E-state index in [0.717, 1.165) is 39.0 Å². The van der Waals surface area contributed by atoms with Gasteiger partial charge in [-0.05, 0) is 92.0 Å². The van der Waals surface area contributed by atoms with Crippen LogP contribution >= 0.6 is 0 Å². The molecule has 0 spiro atoms. The highest BCUT2D eigenvalue weighted by Crippen LogP contribution is 2.42. The minimum atomic E-state index is 0.885. The maximum Gasteiger partial charge on any atom is 0.137 e. The average molecular weight is 562 g/mol. The van der Waals surface area contributed by atoms with E-state index in [0.29, 0.717) is 0 Å². The molecule has 0 saturated heterocycles. The standard InChI is InChI=1S/C42H27NO/c1-2-12-31(13-3-1)43(33-23-25-37-36-16-8-9-17-40(36)44-41(37)27-33)32-21-18-29(19-22-32)39-26-30-11-5-6-14-34(30)38-24-20-28-10-4-7-15-35(28)42(38)39/h1-27H. The van der Waals surface area contributed by atoms with Crippen LogP contribution < -0.4 is 4.90 Å². The Balaban J connectivity index is 1.22. The first-order chi connectivity index (χ1) is 21.8. The van der Waals surface area contributed by atoms with Gasteiger partial charge in [0.25, 0.3) is 0 Å². The Labute approximate surface area is 255 Å². The molecule has 0 aliphatic rings. The van der Waals surface area contributed by atoms with Crippen LogP contribution in [0.4, 0.5) is 17.1 Å². The third-order valence-corrected chi connectivity index (χ3v) is 8.82. The predicted molar refractivity (Wildman–Crippen MR) is 186 cm³/mol. The van der Waals surface area contributed by atoms with Crippen molar-refractivity contribution in [3.05, 3.63) is 164 Å². The fourth-order valence-electron chi connectivity index (χ4n) is 6.78. The Hall–Kier alpha value is -5.86. The zero-order chi connectivity index (χ0) is 29.0. The van der Waals surface area contributed by atoms with Crippen molar-refractivity contribution >= 4 is 71.3 Å². The number of hydrogen-bond donors (Lipinski definition) is 0. The summed E-state index contributed by atoms with van der Waals surface area (Å²) in [6.07, 6.45) is 0. The SMILES string of the molecule is c1ccc(N(c2ccc(-c3cc4ccccc4c4ccc5ccccc5c34)cc2)c2ccc3c(c2)oc2ccccc23)cc1. The second-order valence-electron chi connectivity index (χ2n) is 11.4. The van der Waals surface area contributed by atoms with Crippen molar-refractivity contribution in [1.29, 1.82) is 0 Å². The lowest BCUT2D eigenvalue weighted by Gasteiger charge is -2.25. The summed E-state index contributed by atoms with van der Waals surface area (Å²) in [6.45, 7) is 0. The Kier molecular flexibility index (Phi) is 5.54. The van der Waals surface area contributed by atoms with Crippen molar-refractivity contribution in [3.8, 4) is 11.1 Å². The van der Waals surface area contributed by atoms with E-state index < -0.39 is 0 Å². The van der Waals surface area contributed by atoms with Crippen molar-refractivity contribution in [3.63, 3.8) is 0 Å². The Morgan fingerprint density at radius 1 is 0.364 bits per heavy atom. The van der Waals surface area contributed by atoms with Gasteiger partial charge in [-0.15, -0.1) is 0 Å². The molecule has 0 fully saturated rings. The molecule has 0 saturated carbocycles. The first kappa shape index (κ1) is 24.7. The van der Waals surface area contributed by atoms with E-state index in [1.54, 1.807) is 0 Å². The molecule has 0 radical (unpaired) electrons. The van der Waals surface area contributed by atoms with Crippen molar-refractivity contribution in [2.75, 3.05) is 4.90 Å². The van der Waals surface area contributed by atoms with Gasteiger partial charge in [0.2, 0.25) is 0 Å². The van der Waals surface area contributed by atoms with Crippen LogP contribution in [0.2, 0.25) is 0 Å². The van der Waals surface area contributed by atoms with Gasteiger partial charge in [0, 0.05) is 33.9 Å². The van der Waals surface area contributed by atoms with Gasteiger partial charge in [-0.3, -0.25) is 0 Å². The third-order valence-electron chi connectivity index (χ3n) is 8.82. The topological polar surface area (TPSA) is 16.4 Å². The molecule has 2 heteroatoms. The molecule has 206 valence electrons. The number of hydrogen-bond acceptors (Lipinski definition) is 2. The lowest BCUT2D eigenvalue weighted by Crippen LogP contribution is -2.09. The second-order valence-corrected chi connectivity index (χ2v) is 11.4. The summed E-state index contributed by atoms with van der Waals surface area (Å²) in [5, 5.41) is 9.91. The quantitative estimate of drug-likeness (QED) is 0.199. The lowest BCUT2D eigenvalue weighted by molar-refractivity contribution is 0.669. The average Bonchev–Trinajstić information content (AvgIpc) is 3.46. The monoisotopic (exact) mass is 561 g/mol. The summed E-state index contributed by atoms with van der Waals surface area (Å²) in [4.78, 5) is 2.30. The normalized spacial score (nSPS) is 11.6. The summed E-state index contributed by atoms with van der Waals surface area (Å²) in [5.74, 6) is 0. The number of para-hydroxylation sites is 2. The largest absolute Gasteiger partial charge is 0.456 e. The first-order valence-corrected chi connectivity index (χ1v) is 15.0. The van der Waals surface area contributed by atoms with Crippen LogP contribution in [0.15, 0.2) is 168 Å². The zero-order valence-corrected chi connectivity index (χ0v) is 23.9. The number of anilines is 3. The Morgan fingerprint density at radius 2 is 0.977 bits per heavy atom. The predicted octanol–water partition coefficient (Wildman–Crippen LogP) is 12.2. The van der Waals surface area contributed by atoms with E-state index in [2.05, 4.69) is 157 Å². The van der Waals surface area contributed by atoms with E-state index >= 15 is 0 Å². The molecule has 44 heavy (non-hydrogen) atoms. The molecule has 0 bridgehead atoms. The highest BCUT2D eigenvalue weighted by Gasteiger charge is 2.17. The van der Waals surface area contributed by atoms with E-state index in [1.807, 2.05) is 12.1 Å². The van der Waals surface area contributed by atoms with E-state index in [-0.39, 0.29) is 0 Å². The minimum Gasteiger partial charge on any atom is -0.456 e. The number of benzene rings is 8. The minimum absolute atomic E-state index is 0.885. The Bertz CT molecular complexity index is 2490. The molecular weight excluding hydrogens is 534 g/mol. The van der Waals surface area contributed by atoms with E-state index in [9.17, 15) is 0 Å². The number of fused-ring (bicyclic) bond motifs is 8. The molecule has 9 aromatic rings. The van der Waals surface area contributed by atoms with Crippen LogP contribution in [-0.4, -0.2) is 0 Å². The van der Waals surface area contributed by atoms with Crippen LogP contribution in [0.3, 0.4) is 0 Å². The molecule has 0 aliphatic carbocycles. The van der Waals surface area contributed by atoms with Gasteiger partial charge in [-0.25, -0.2) is 0 Å². The van der Waals surface area contributed by atoms with Crippen molar-refractivity contribution < 1.29 is 4.42 Å². The van der Waals surface area contributed by atoms with Crippen LogP contribution in [0.5, 0.6) is 0 Å². The van der Waals surface area contributed by atoms with Crippen LogP contribution in [0, 0.1) is 0 Å². The Morgan fingerprint density at radius 3 is 1.82 bits per heavy atom. The molecule has 0 unspecified atom stereocenters. The van der Waals surface area contributed by atoms with Gasteiger partial charge < -0.3 is 9.32 Å². The summed E-state index contributed by atoms with van der Waals surface area (Å²) in [5.41, 5.74) is 7.47. The van der Waals surface area contributed by atoms with Gasteiger partial charge in [0.15, 0.2) is 0 Å².